The zero-order valence-corrected chi connectivity index (χ0v) is 9.44. The molecule has 2 aliphatic carbocycles. The van der Waals surface area contributed by atoms with Crippen molar-refractivity contribution in [2.24, 2.45) is 17.8 Å². The molecule has 0 bridgehead atoms. The Kier molecular flexibility index (Phi) is 2.20. The standard InChI is InChI=1S/C13H16N2O/c1-8-2-3-12(7-14-8)15-13(16)11-5-9-4-10(9)6-11/h2-3,7,9-11H,4-6H2,1H3,(H,15,16). The van der Waals surface area contributed by atoms with Gasteiger partial charge < -0.3 is 5.32 Å². The van der Waals surface area contributed by atoms with Crippen LogP contribution in [0.2, 0.25) is 0 Å². The Balaban J connectivity index is 1.61. The summed E-state index contributed by atoms with van der Waals surface area (Å²) in [5.74, 6) is 2.13. The van der Waals surface area contributed by atoms with Gasteiger partial charge in [0, 0.05) is 11.6 Å². The molecule has 0 spiro atoms. The van der Waals surface area contributed by atoms with Gasteiger partial charge in [0.15, 0.2) is 0 Å². The van der Waals surface area contributed by atoms with E-state index in [0.717, 1.165) is 36.1 Å². The molecular formula is C13H16N2O. The van der Waals surface area contributed by atoms with Crippen molar-refractivity contribution in [3.63, 3.8) is 0 Å². The van der Waals surface area contributed by atoms with E-state index < -0.39 is 0 Å². The third kappa shape index (κ3) is 1.82. The first-order valence-corrected chi connectivity index (χ1v) is 5.96. The summed E-state index contributed by atoms with van der Waals surface area (Å²) in [5.41, 5.74) is 1.79. The molecule has 0 radical (unpaired) electrons. The molecular weight excluding hydrogens is 200 g/mol. The van der Waals surface area contributed by atoms with Crippen molar-refractivity contribution in [1.29, 1.82) is 0 Å². The minimum Gasteiger partial charge on any atom is -0.324 e. The van der Waals surface area contributed by atoms with E-state index in [-0.39, 0.29) is 11.8 Å². The van der Waals surface area contributed by atoms with Gasteiger partial charge in [-0.1, -0.05) is 0 Å². The molecule has 0 saturated heterocycles. The van der Waals surface area contributed by atoms with Crippen LogP contribution in [0.15, 0.2) is 18.3 Å². The summed E-state index contributed by atoms with van der Waals surface area (Å²) < 4.78 is 0. The van der Waals surface area contributed by atoms with Gasteiger partial charge in [-0.15, -0.1) is 0 Å². The van der Waals surface area contributed by atoms with Crippen molar-refractivity contribution < 1.29 is 4.79 Å². The molecule has 1 heterocycles. The predicted octanol–water partition coefficient (Wildman–Crippen LogP) is 2.37. The lowest BCUT2D eigenvalue weighted by atomic mass is 10.0. The summed E-state index contributed by atoms with van der Waals surface area (Å²) in [5, 5.41) is 2.95. The molecule has 1 N–H and O–H groups in total. The monoisotopic (exact) mass is 216 g/mol. The first-order chi connectivity index (χ1) is 7.72. The van der Waals surface area contributed by atoms with Crippen LogP contribution in [0.1, 0.15) is 25.0 Å². The van der Waals surface area contributed by atoms with Crippen molar-refractivity contribution in [2.45, 2.75) is 26.2 Å². The van der Waals surface area contributed by atoms with E-state index in [9.17, 15) is 4.79 Å². The van der Waals surface area contributed by atoms with Crippen LogP contribution in [0.5, 0.6) is 0 Å². The van der Waals surface area contributed by atoms with Gasteiger partial charge in [-0.05, 0) is 50.2 Å². The van der Waals surface area contributed by atoms with Crippen LogP contribution in [0, 0.1) is 24.7 Å². The second kappa shape index (κ2) is 3.58. The Hall–Kier alpha value is -1.38. The SMILES string of the molecule is Cc1ccc(NC(=O)C2CC3CC3C2)cn1. The van der Waals surface area contributed by atoms with E-state index in [0.29, 0.717) is 0 Å². The number of aryl methyl sites for hydroxylation is 1. The Labute approximate surface area is 95.3 Å². The Morgan fingerprint density at radius 3 is 2.69 bits per heavy atom. The summed E-state index contributed by atoms with van der Waals surface area (Å²) in [6.45, 7) is 1.94. The summed E-state index contributed by atoms with van der Waals surface area (Å²) >= 11 is 0. The van der Waals surface area contributed by atoms with Crippen LogP contribution in [-0.4, -0.2) is 10.9 Å². The summed E-state index contributed by atoms with van der Waals surface area (Å²) in [4.78, 5) is 16.1. The quantitative estimate of drug-likeness (QED) is 0.824. The summed E-state index contributed by atoms with van der Waals surface area (Å²) in [6, 6.07) is 3.83. The average molecular weight is 216 g/mol. The average Bonchev–Trinajstić information content (AvgIpc) is 2.89. The lowest BCUT2D eigenvalue weighted by Gasteiger charge is -2.11. The number of rotatable bonds is 2. The summed E-state index contributed by atoms with van der Waals surface area (Å²) in [7, 11) is 0. The smallest absolute Gasteiger partial charge is 0.227 e. The highest BCUT2D eigenvalue weighted by atomic mass is 16.1. The molecule has 2 unspecified atom stereocenters. The molecule has 0 aliphatic heterocycles. The number of carbonyl (C=O) groups is 1. The maximum absolute atomic E-state index is 11.9. The first kappa shape index (κ1) is 9.82. The minimum absolute atomic E-state index is 0.179. The molecule has 2 fully saturated rings. The number of pyridine rings is 1. The molecule has 84 valence electrons. The van der Waals surface area contributed by atoms with Crippen LogP contribution >= 0.6 is 0 Å². The van der Waals surface area contributed by atoms with E-state index in [1.165, 1.54) is 6.42 Å². The lowest BCUT2D eigenvalue weighted by molar-refractivity contribution is -0.120. The lowest BCUT2D eigenvalue weighted by Crippen LogP contribution is -2.21. The fraction of sp³-hybridized carbons (Fsp3) is 0.538. The zero-order valence-electron chi connectivity index (χ0n) is 9.44. The maximum Gasteiger partial charge on any atom is 0.227 e. The Bertz CT molecular complexity index is 402. The van der Waals surface area contributed by atoms with Crippen molar-refractivity contribution in [2.75, 3.05) is 5.32 Å². The maximum atomic E-state index is 11.9. The first-order valence-electron chi connectivity index (χ1n) is 5.96. The van der Waals surface area contributed by atoms with E-state index in [1.54, 1.807) is 6.20 Å². The molecule has 2 atom stereocenters. The topological polar surface area (TPSA) is 42.0 Å². The Morgan fingerprint density at radius 2 is 2.06 bits per heavy atom. The van der Waals surface area contributed by atoms with Gasteiger partial charge in [0.1, 0.15) is 0 Å². The highest BCUT2D eigenvalue weighted by Gasteiger charge is 2.47. The number of amides is 1. The van der Waals surface area contributed by atoms with Gasteiger partial charge in [-0.2, -0.15) is 0 Å². The molecule has 3 heteroatoms. The van der Waals surface area contributed by atoms with Crippen LogP contribution in [0.3, 0.4) is 0 Å². The van der Waals surface area contributed by atoms with Gasteiger partial charge in [0.05, 0.1) is 11.9 Å². The van der Waals surface area contributed by atoms with Gasteiger partial charge in [0.2, 0.25) is 5.91 Å². The fourth-order valence-electron chi connectivity index (χ4n) is 2.71. The van der Waals surface area contributed by atoms with Gasteiger partial charge in [-0.25, -0.2) is 0 Å². The van der Waals surface area contributed by atoms with Crippen LogP contribution in [0.25, 0.3) is 0 Å². The molecule has 0 aromatic carbocycles. The van der Waals surface area contributed by atoms with Crippen LogP contribution < -0.4 is 5.32 Å². The summed E-state index contributed by atoms with van der Waals surface area (Å²) in [6.07, 6.45) is 5.27. The second-order valence-electron chi connectivity index (χ2n) is 5.10. The van der Waals surface area contributed by atoms with Crippen molar-refractivity contribution >= 4 is 11.6 Å². The molecule has 1 aromatic heterocycles. The van der Waals surface area contributed by atoms with Crippen LogP contribution in [-0.2, 0) is 4.79 Å². The van der Waals surface area contributed by atoms with Gasteiger partial charge in [-0.3, -0.25) is 9.78 Å². The van der Waals surface area contributed by atoms with E-state index >= 15 is 0 Å². The second-order valence-corrected chi connectivity index (χ2v) is 5.10. The number of nitrogens with one attached hydrogen (secondary N) is 1. The third-order valence-corrected chi connectivity index (χ3v) is 3.79. The Morgan fingerprint density at radius 1 is 1.31 bits per heavy atom. The zero-order chi connectivity index (χ0) is 11.1. The molecule has 3 rings (SSSR count). The highest BCUT2D eigenvalue weighted by Crippen LogP contribution is 2.54. The largest absolute Gasteiger partial charge is 0.324 e. The van der Waals surface area contributed by atoms with Crippen molar-refractivity contribution in [3.8, 4) is 0 Å². The minimum atomic E-state index is 0.179. The number of hydrogen-bond donors (Lipinski definition) is 1. The number of anilines is 1. The van der Waals surface area contributed by atoms with E-state index in [2.05, 4.69) is 10.3 Å². The van der Waals surface area contributed by atoms with Gasteiger partial charge >= 0.3 is 0 Å². The molecule has 1 amide bonds. The number of fused-ring (bicyclic) bond motifs is 1. The predicted molar refractivity (Wildman–Crippen MR) is 61.9 cm³/mol. The third-order valence-electron chi connectivity index (χ3n) is 3.79. The molecule has 3 nitrogen and oxygen atoms in total. The van der Waals surface area contributed by atoms with Gasteiger partial charge in [0.25, 0.3) is 0 Å². The van der Waals surface area contributed by atoms with E-state index in [1.807, 2.05) is 19.1 Å². The van der Waals surface area contributed by atoms with Crippen LogP contribution in [0.4, 0.5) is 5.69 Å². The molecule has 2 aliphatic rings. The molecule has 2 saturated carbocycles. The normalized spacial score (nSPS) is 30.9. The highest BCUT2D eigenvalue weighted by molar-refractivity contribution is 5.92. The number of nitrogens with zero attached hydrogens (tertiary/aromatic N) is 1. The number of carbonyl (C=O) groups excluding carboxylic acids is 1. The van der Waals surface area contributed by atoms with Crippen molar-refractivity contribution in [1.82, 2.24) is 4.98 Å². The van der Waals surface area contributed by atoms with E-state index in [4.69, 9.17) is 0 Å². The molecule has 16 heavy (non-hydrogen) atoms. The fourth-order valence-corrected chi connectivity index (χ4v) is 2.71. The number of hydrogen-bond acceptors (Lipinski definition) is 2. The molecule has 1 aromatic rings. The number of aromatic nitrogens is 1. The van der Waals surface area contributed by atoms with Crippen molar-refractivity contribution in [3.05, 3.63) is 24.0 Å².